The minimum Gasteiger partial charge on any atom is -0.364 e. The number of rotatable bonds is 7. The highest BCUT2D eigenvalue weighted by Gasteiger charge is 2.40. The molecule has 2 unspecified atom stereocenters. The second-order valence-electron chi connectivity index (χ2n) is 10.1. The van der Waals surface area contributed by atoms with E-state index in [-0.39, 0.29) is 25.2 Å². The number of benzene rings is 2. The number of anilines is 1. The molecule has 0 saturated carbocycles. The minimum absolute atomic E-state index is 0.0110. The maximum absolute atomic E-state index is 14.7. The molecule has 1 aliphatic rings. The summed E-state index contributed by atoms with van der Waals surface area (Å²) in [6.07, 6.45) is 1.59. The van der Waals surface area contributed by atoms with Gasteiger partial charge >= 0.3 is 0 Å². The average molecular weight is 568 g/mol. The Morgan fingerprint density at radius 3 is 2.62 bits per heavy atom. The zero-order valence-electron chi connectivity index (χ0n) is 22.5. The molecule has 0 aliphatic carbocycles. The van der Waals surface area contributed by atoms with Crippen LogP contribution in [-0.2, 0) is 16.1 Å². The third kappa shape index (κ3) is 4.96. The summed E-state index contributed by atoms with van der Waals surface area (Å²) in [5.74, 6) is -1.55. The molecule has 4 N–H and O–H groups in total. The van der Waals surface area contributed by atoms with Crippen molar-refractivity contribution in [3.05, 3.63) is 78.4 Å². The quantitative estimate of drug-likeness (QED) is 0.272. The fourth-order valence-corrected chi connectivity index (χ4v) is 5.33. The van der Waals surface area contributed by atoms with Crippen LogP contribution in [0.25, 0.3) is 33.2 Å². The summed E-state index contributed by atoms with van der Waals surface area (Å²) in [6.45, 7) is 1.26. The highest BCUT2D eigenvalue weighted by atomic mass is 19.1. The predicted molar refractivity (Wildman–Crippen MR) is 152 cm³/mol. The number of carbonyl (C=O) groups excluding carboxylic acids is 3. The zero-order valence-corrected chi connectivity index (χ0v) is 22.5. The van der Waals surface area contributed by atoms with Crippen molar-refractivity contribution in [2.45, 2.75) is 32.1 Å². The topological polar surface area (TPSA) is 165 Å². The van der Waals surface area contributed by atoms with Gasteiger partial charge in [-0.3, -0.25) is 24.2 Å². The summed E-state index contributed by atoms with van der Waals surface area (Å²) in [5.41, 5.74) is 9.91. The molecule has 3 aromatic heterocycles. The van der Waals surface area contributed by atoms with E-state index < -0.39 is 29.9 Å². The van der Waals surface area contributed by atoms with Crippen molar-refractivity contribution < 1.29 is 18.8 Å². The molecule has 2 atom stereocenters. The van der Waals surface area contributed by atoms with E-state index in [0.717, 1.165) is 22.4 Å². The van der Waals surface area contributed by atoms with E-state index in [9.17, 15) is 18.8 Å². The van der Waals surface area contributed by atoms with Crippen molar-refractivity contribution >= 4 is 34.4 Å². The first kappa shape index (κ1) is 26.7. The number of alkyl halides is 1. The van der Waals surface area contributed by atoms with Crippen LogP contribution in [0.4, 0.5) is 10.2 Å². The number of halogens is 1. The first-order chi connectivity index (χ1) is 20.3. The van der Waals surface area contributed by atoms with E-state index in [4.69, 9.17) is 5.73 Å². The van der Waals surface area contributed by atoms with Crippen molar-refractivity contribution in [1.29, 1.82) is 0 Å². The van der Waals surface area contributed by atoms with Gasteiger partial charge in [0.1, 0.15) is 18.8 Å². The van der Waals surface area contributed by atoms with E-state index in [1.807, 2.05) is 37.3 Å². The van der Waals surface area contributed by atoms with Gasteiger partial charge in [-0.1, -0.05) is 36.4 Å². The number of carbonyl (C=O) groups is 3. The van der Waals surface area contributed by atoms with Crippen LogP contribution in [0.3, 0.4) is 0 Å². The molecule has 1 saturated heterocycles. The molecule has 42 heavy (non-hydrogen) atoms. The van der Waals surface area contributed by atoms with Gasteiger partial charge in [0.15, 0.2) is 11.5 Å². The number of aromatic nitrogens is 6. The van der Waals surface area contributed by atoms with Crippen LogP contribution in [0.15, 0.2) is 67.0 Å². The monoisotopic (exact) mass is 567 g/mol. The molecule has 2 aromatic carbocycles. The summed E-state index contributed by atoms with van der Waals surface area (Å²) >= 11 is 0. The van der Waals surface area contributed by atoms with Crippen molar-refractivity contribution in [2.75, 3.05) is 11.9 Å². The third-order valence-electron chi connectivity index (χ3n) is 7.31. The van der Waals surface area contributed by atoms with Crippen molar-refractivity contribution in [3.63, 3.8) is 0 Å². The summed E-state index contributed by atoms with van der Waals surface area (Å²) in [6, 6.07) is 15.4. The molecule has 5 aromatic rings. The Labute approximate surface area is 238 Å². The Morgan fingerprint density at radius 1 is 1.07 bits per heavy atom. The summed E-state index contributed by atoms with van der Waals surface area (Å²) in [5, 5.41) is 22.3. The Morgan fingerprint density at radius 2 is 1.88 bits per heavy atom. The lowest BCUT2D eigenvalue weighted by Crippen LogP contribution is -2.44. The second kappa shape index (κ2) is 10.8. The van der Waals surface area contributed by atoms with Gasteiger partial charge in [0, 0.05) is 28.6 Å². The number of aromatic amines is 1. The molecule has 1 aliphatic heterocycles. The van der Waals surface area contributed by atoms with Crippen molar-refractivity contribution in [1.82, 2.24) is 35.1 Å². The van der Waals surface area contributed by atoms with Crippen LogP contribution in [0, 0.1) is 6.92 Å². The Bertz CT molecular complexity index is 1800. The maximum Gasteiger partial charge on any atom is 0.269 e. The highest BCUT2D eigenvalue weighted by Crippen LogP contribution is 2.31. The molecular formula is C29H26FN9O3. The SMILES string of the molecule is Cc1[nH]nc(NC(=O)C2CC(F)CN2C(=O)Cn2nc(C(N)=O)c3cc(-c4ccnnc4)ccc32)c1-c1ccccc1. The number of nitrogens with zero attached hydrogens (tertiary/aromatic N) is 6. The molecule has 3 amide bonds. The molecular weight excluding hydrogens is 541 g/mol. The molecule has 0 spiro atoms. The normalized spacial score (nSPS) is 16.6. The number of likely N-dealkylation sites (tertiary alicyclic amines) is 1. The van der Waals surface area contributed by atoms with Crippen LogP contribution in [0.5, 0.6) is 0 Å². The fourth-order valence-electron chi connectivity index (χ4n) is 5.33. The number of aryl methyl sites for hydroxylation is 1. The Balaban J connectivity index is 1.25. The fraction of sp³-hybridized carbons (Fsp3) is 0.207. The molecule has 13 heteroatoms. The van der Waals surface area contributed by atoms with E-state index in [1.54, 1.807) is 36.7 Å². The number of amides is 3. The van der Waals surface area contributed by atoms with E-state index in [2.05, 4.69) is 30.8 Å². The lowest BCUT2D eigenvalue weighted by atomic mass is 10.0. The van der Waals surface area contributed by atoms with Crippen molar-refractivity contribution in [3.8, 4) is 22.3 Å². The van der Waals surface area contributed by atoms with Gasteiger partial charge in [-0.15, -0.1) is 0 Å². The van der Waals surface area contributed by atoms with Gasteiger partial charge in [-0.05, 0) is 36.2 Å². The largest absolute Gasteiger partial charge is 0.364 e. The van der Waals surface area contributed by atoms with Crippen LogP contribution in [-0.4, -0.2) is 71.6 Å². The second-order valence-corrected chi connectivity index (χ2v) is 10.1. The molecule has 4 heterocycles. The maximum atomic E-state index is 14.7. The van der Waals surface area contributed by atoms with Crippen LogP contribution >= 0.6 is 0 Å². The lowest BCUT2D eigenvalue weighted by molar-refractivity contribution is -0.137. The molecule has 0 bridgehead atoms. The van der Waals surface area contributed by atoms with Gasteiger partial charge in [0.2, 0.25) is 11.8 Å². The summed E-state index contributed by atoms with van der Waals surface area (Å²) in [4.78, 5) is 40.3. The third-order valence-corrected chi connectivity index (χ3v) is 7.31. The number of nitrogens with one attached hydrogen (secondary N) is 2. The average Bonchev–Trinajstić information content (AvgIpc) is 3.68. The first-order valence-electron chi connectivity index (χ1n) is 13.2. The molecule has 0 radical (unpaired) electrons. The van der Waals surface area contributed by atoms with E-state index in [0.29, 0.717) is 22.3 Å². The number of hydrogen-bond donors (Lipinski definition) is 3. The van der Waals surface area contributed by atoms with E-state index in [1.165, 1.54) is 9.58 Å². The van der Waals surface area contributed by atoms with Crippen LogP contribution in [0.2, 0.25) is 0 Å². The highest BCUT2D eigenvalue weighted by molar-refractivity contribution is 6.05. The predicted octanol–water partition coefficient (Wildman–Crippen LogP) is 2.87. The summed E-state index contributed by atoms with van der Waals surface area (Å²) in [7, 11) is 0. The van der Waals surface area contributed by atoms with Gasteiger partial charge in [0.25, 0.3) is 5.91 Å². The number of H-pyrrole nitrogens is 1. The Hall–Kier alpha value is -5.46. The molecule has 212 valence electrons. The Kier molecular flexibility index (Phi) is 6.90. The van der Waals surface area contributed by atoms with Gasteiger partial charge in [-0.2, -0.15) is 20.4 Å². The number of nitrogens with two attached hydrogens (primary N) is 1. The first-order valence-corrected chi connectivity index (χ1v) is 13.2. The zero-order chi connectivity index (χ0) is 29.4. The van der Waals surface area contributed by atoms with Crippen LogP contribution in [0.1, 0.15) is 22.6 Å². The van der Waals surface area contributed by atoms with Crippen LogP contribution < -0.4 is 11.1 Å². The van der Waals surface area contributed by atoms with Gasteiger partial charge in [-0.25, -0.2) is 4.39 Å². The minimum atomic E-state index is -1.38. The van der Waals surface area contributed by atoms with Gasteiger partial charge < -0.3 is 16.0 Å². The lowest BCUT2D eigenvalue weighted by Gasteiger charge is -2.23. The number of primary amides is 1. The number of hydrogen-bond acceptors (Lipinski definition) is 7. The smallest absolute Gasteiger partial charge is 0.269 e. The van der Waals surface area contributed by atoms with Gasteiger partial charge in [0.05, 0.1) is 24.5 Å². The summed E-state index contributed by atoms with van der Waals surface area (Å²) < 4.78 is 16.0. The standard InChI is InChI=1S/C29H26FN9O3/c1-16-25(17-5-3-2-4-6-17)28(36-35-16)34-29(42)23-12-20(30)14-38(23)24(40)15-39-22-8-7-18(19-9-10-32-33-13-19)11-21(22)26(37-39)27(31)41/h2-11,13,20,23H,12,14-15H2,1H3,(H2,31,41)(H2,34,35,36,42). The molecule has 1 fully saturated rings. The van der Waals surface area contributed by atoms with Crippen molar-refractivity contribution in [2.24, 2.45) is 5.73 Å². The van der Waals surface area contributed by atoms with E-state index >= 15 is 0 Å². The molecule has 12 nitrogen and oxygen atoms in total. The number of fused-ring (bicyclic) bond motifs is 1. The molecule has 6 rings (SSSR count).